The lowest BCUT2D eigenvalue weighted by atomic mass is 9.80. The molecule has 13 rings (SSSR count). The molecule has 0 spiro atoms. The second kappa shape index (κ2) is 8.68. The molecule has 2 nitrogen and oxygen atoms in total. The Kier molecular flexibility index (Phi) is 4.41. The second-order valence-electron chi connectivity index (χ2n) is 14.0. The van der Waals surface area contributed by atoms with Gasteiger partial charge in [0, 0.05) is 48.7 Å². The van der Waals surface area contributed by atoms with Crippen molar-refractivity contribution in [1.29, 1.82) is 0 Å². The van der Waals surface area contributed by atoms with E-state index in [-0.39, 0.29) is 0 Å². The summed E-state index contributed by atoms with van der Waals surface area (Å²) in [5.74, 6) is 0. The highest BCUT2D eigenvalue weighted by Gasteiger charge is 2.28. The number of benzene rings is 8. The van der Waals surface area contributed by atoms with Gasteiger partial charge >= 0.3 is 0 Å². The molecule has 1 aliphatic carbocycles. The van der Waals surface area contributed by atoms with E-state index >= 15 is 0 Å². The van der Waals surface area contributed by atoms with Crippen LogP contribution >= 0.6 is 0 Å². The Balaban J connectivity index is 1.30. The maximum atomic E-state index is 2.60. The van der Waals surface area contributed by atoms with E-state index in [0.717, 1.165) is 0 Å². The molecule has 2 heteroatoms. The largest absolute Gasteiger partial charge is 0.307 e. The van der Waals surface area contributed by atoms with Gasteiger partial charge in [0.25, 0.3) is 0 Å². The highest BCUT2D eigenvalue weighted by Crippen LogP contribution is 2.53. The van der Waals surface area contributed by atoms with E-state index in [0.29, 0.717) is 0 Å². The summed E-state index contributed by atoms with van der Waals surface area (Å²) in [4.78, 5) is 0. The molecule has 1 aliphatic rings. The molecule has 0 amide bonds. The van der Waals surface area contributed by atoms with Gasteiger partial charge in [-0.2, -0.15) is 0 Å². The third-order valence-electron chi connectivity index (χ3n) is 11.7. The minimum absolute atomic E-state index is 1.25. The van der Waals surface area contributed by atoms with E-state index < -0.39 is 0 Å². The van der Waals surface area contributed by atoms with Crippen LogP contribution in [0.2, 0.25) is 0 Å². The molecular formula is C48H26N2. The van der Waals surface area contributed by atoms with E-state index in [1.807, 2.05) is 0 Å². The van der Waals surface area contributed by atoms with Gasteiger partial charge in [-0.3, -0.25) is 0 Å². The molecule has 0 saturated heterocycles. The van der Waals surface area contributed by atoms with Crippen LogP contribution in [0.25, 0.3) is 121 Å². The zero-order chi connectivity index (χ0) is 32.2. The van der Waals surface area contributed by atoms with Gasteiger partial charge in [-0.15, -0.1) is 0 Å². The normalized spacial score (nSPS) is 12.8. The maximum Gasteiger partial charge on any atom is 0.0641 e. The fourth-order valence-corrected chi connectivity index (χ4v) is 9.89. The van der Waals surface area contributed by atoms with E-state index in [9.17, 15) is 0 Å². The smallest absolute Gasteiger partial charge is 0.0641 e. The molecule has 4 heterocycles. The van der Waals surface area contributed by atoms with Crippen molar-refractivity contribution in [1.82, 2.24) is 8.80 Å². The molecule has 0 N–H and O–H groups in total. The van der Waals surface area contributed by atoms with E-state index in [2.05, 4.69) is 167 Å². The Labute approximate surface area is 286 Å². The van der Waals surface area contributed by atoms with Gasteiger partial charge < -0.3 is 8.80 Å². The Morgan fingerprint density at radius 2 is 0.680 bits per heavy atom. The first-order valence-corrected chi connectivity index (χ1v) is 17.5. The summed E-state index contributed by atoms with van der Waals surface area (Å²) in [7, 11) is 0. The van der Waals surface area contributed by atoms with Crippen LogP contribution in [0.15, 0.2) is 158 Å². The monoisotopic (exact) mass is 630 g/mol. The Hall–Kier alpha value is -6.64. The van der Waals surface area contributed by atoms with Gasteiger partial charge in [-0.25, -0.2) is 0 Å². The first-order chi connectivity index (χ1) is 24.9. The lowest BCUT2D eigenvalue weighted by molar-refractivity contribution is 1.36. The fraction of sp³-hybridized carbons (Fsp3) is 0. The van der Waals surface area contributed by atoms with Crippen molar-refractivity contribution in [2.75, 3.05) is 0 Å². The number of hydrogen-bond donors (Lipinski definition) is 0. The van der Waals surface area contributed by atoms with Crippen molar-refractivity contribution in [2.24, 2.45) is 0 Å². The van der Waals surface area contributed by atoms with Crippen LogP contribution in [0.3, 0.4) is 0 Å². The minimum Gasteiger partial charge on any atom is -0.307 e. The van der Waals surface area contributed by atoms with Crippen molar-refractivity contribution in [3.63, 3.8) is 0 Å². The first-order valence-electron chi connectivity index (χ1n) is 17.5. The zero-order valence-electron chi connectivity index (χ0n) is 26.9. The van der Waals surface area contributed by atoms with Crippen LogP contribution in [-0.2, 0) is 0 Å². The first kappa shape index (κ1) is 25.4. The topological polar surface area (TPSA) is 8.82 Å². The number of para-hydroxylation sites is 3. The lowest BCUT2D eigenvalue weighted by Crippen LogP contribution is -1.98. The number of nitrogens with zero attached hydrogens (tertiary/aromatic N) is 2. The molecule has 8 aromatic carbocycles. The van der Waals surface area contributed by atoms with Crippen molar-refractivity contribution in [3.05, 3.63) is 158 Å². The van der Waals surface area contributed by atoms with Gasteiger partial charge in [-0.05, 0) is 51.1 Å². The molecule has 0 bridgehead atoms. The summed E-state index contributed by atoms with van der Waals surface area (Å²) in [6, 6.07) is 59.1. The molecule has 4 aromatic heterocycles. The number of rotatable bonds is 0. The number of fused-ring (bicyclic) bond motifs is 22. The highest BCUT2D eigenvalue weighted by atomic mass is 14.9. The zero-order valence-corrected chi connectivity index (χ0v) is 26.9. The average molecular weight is 631 g/mol. The summed E-state index contributed by atoms with van der Waals surface area (Å²) in [5, 5.41) is 10.5. The van der Waals surface area contributed by atoms with Crippen LogP contribution < -0.4 is 0 Å². The van der Waals surface area contributed by atoms with Crippen molar-refractivity contribution in [3.8, 4) is 44.5 Å². The third kappa shape index (κ3) is 2.79. The summed E-state index contributed by atoms with van der Waals surface area (Å²) in [5.41, 5.74) is 17.9. The molecule has 0 atom stereocenters. The summed E-state index contributed by atoms with van der Waals surface area (Å²) < 4.78 is 5.15. The Morgan fingerprint density at radius 3 is 1.38 bits per heavy atom. The molecule has 0 unspecified atom stereocenters. The van der Waals surface area contributed by atoms with Crippen LogP contribution in [-0.4, -0.2) is 8.80 Å². The molecule has 0 aliphatic heterocycles. The fourth-order valence-electron chi connectivity index (χ4n) is 9.89. The minimum atomic E-state index is 1.25. The van der Waals surface area contributed by atoms with E-state index in [1.54, 1.807) is 0 Å². The number of aromatic nitrogens is 2. The van der Waals surface area contributed by atoms with Gasteiger partial charge in [0.05, 0.1) is 33.1 Å². The molecule has 0 radical (unpaired) electrons. The SMILES string of the molecule is c1ccc2c(c1)-c1ccccc1-c1ccc3c4cccc5c6c(ccc7c8cccc9c%10ccccc%10n(c98)c76)n(c3c1-c1ccccc1-2)c45. The standard InChI is InChI=1S/C48H26N2/c1-2-12-28-27(11-1)29-13-3-4-15-31(29)34-23-24-38-37-20-10-21-40-44-42(50(46(37)40)47(38)43(34)33-17-6-5-14-30(28)33)26-25-39-36-19-9-18-35-32-16-7-8-22-41(32)49(45(35)36)48(39)44/h1-26H. The second-order valence-corrected chi connectivity index (χ2v) is 14.0. The van der Waals surface area contributed by atoms with Gasteiger partial charge in [0.2, 0.25) is 0 Å². The van der Waals surface area contributed by atoms with Gasteiger partial charge in [0.1, 0.15) is 0 Å². The third-order valence-corrected chi connectivity index (χ3v) is 11.7. The van der Waals surface area contributed by atoms with Gasteiger partial charge in [0.15, 0.2) is 0 Å². The lowest BCUT2D eigenvalue weighted by Gasteiger charge is -2.23. The van der Waals surface area contributed by atoms with Crippen LogP contribution in [0.1, 0.15) is 0 Å². The van der Waals surface area contributed by atoms with Crippen molar-refractivity contribution in [2.45, 2.75) is 0 Å². The Morgan fingerprint density at radius 1 is 0.240 bits per heavy atom. The van der Waals surface area contributed by atoms with Crippen molar-refractivity contribution < 1.29 is 0 Å². The van der Waals surface area contributed by atoms with Crippen LogP contribution in [0.4, 0.5) is 0 Å². The Bertz CT molecular complexity index is 3420. The maximum absolute atomic E-state index is 2.60. The number of hydrogen-bond acceptors (Lipinski definition) is 0. The van der Waals surface area contributed by atoms with Gasteiger partial charge in [-0.1, -0.05) is 146 Å². The summed E-state index contributed by atoms with van der Waals surface area (Å²) in [6.07, 6.45) is 0. The quantitative estimate of drug-likeness (QED) is 0.158. The highest BCUT2D eigenvalue weighted by molar-refractivity contribution is 6.34. The van der Waals surface area contributed by atoms with E-state index in [4.69, 9.17) is 0 Å². The molecule has 228 valence electrons. The predicted molar refractivity (Wildman–Crippen MR) is 211 cm³/mol. The molecular weight excluding hydrogens is 605 g/mol. The predicted octanol–water partition coefficient (Wildman–Crippen LogP) is 13.0. The van der Waals surface area contributed by atoms with E-state index in [1.165, 1.54) is 121 Å². The van der Waals surface area contributed by atoms with Crippen LogP contribution in [0, 0.1) is 0 Å². The molecule has 0 saturated carbocycles. The molecule has 50 heavy (non-hydrogen) atoms. The molecule has 0 fully saturated rings. The average Bonchev–Trinajstić information content (AvgIpc) is 3.90. The van der Waals surface area contributed by atoms with Crippen molar-refractivity contribution >= 4 is 76.2 Å². The van der Waals surface area contributed by atoms with Crippen LogP contribution in [0.5, 0.6) is 0 Å². The summed E-state index contributed by atoms with van der Waals surface area (Å²) in [6.45, 7) is 0. The molecule has 12 aromatic rings. The summed E-state index contributed by atoms with van der Waals surface area (Å²) >= 11 is 0.